The lowest BCUT2D eigenvalue weighted by atomic mass is 9.45. The smallest absolute Gasteiger partial charge is 0.309 e. The molecule has 122 valence electrons. The van der Waals surface area contributed by atoms with E-state index in [1.165, 1.54) is 19.3 Å². The Morgan fingerprint density at radius 2 is 2.05 bits per heavy atom. The molecule has 2 saturated carbocycles. The number of fused-ring (bicyclic) bond motifs is 3. The van der Waals surface area contributed by atoms with Crippen LogP contribution in [0.5, 0.6) is 0 Å². The van der Waals surface area contributed by atoms with E-state index in [0.717, 1.165) is 25.7 Å². The predicted molar refractivity (Wildman–Crippen MR) is 89.5 cm³/mol. The summed E-state index contributed by atoms with van der Waals surface area (Å²) in [6, 6.07) is 0. The van der Waals surface area contributed by atoms with Crippen molar-refractivity contribution in [2.45, 2.75) is 65.7 Å². The van der Waals surface area contributed by atoms with E-state index in [0.29, 0.717) is 5.92 Å². The van der Waals surface area contributed by atoms with Gasteiger partial charge in [-0.05, 0) is 68.1 Å². The molecule has 0 aromatic rings. The van der Waals surface area contributed by atoms with Crippen molar-refractivity contribution in [1.29, 1.82) is 0 Å². The maximum Gasteiger partial charge on any atom is 0.309 e. The SMILES string of the molecule is C=C[C@]1(C)CC[C@@H]2C(=CC[C@@H]3[C@]2(C)CCC[C@@]3(C)C(=O)O)C1. The van der Waals surface area contributed by atoms with E-state index in [2.05, 4.69) is 32.6 Å². The van der Waals surface area contributed by atoms with Gasteiger partial charge in [0.2, 0.25) is 0 Å². The predicted octanol–water partition coefficient (Wildman–Crippen LogP) is 5.21. The summed E-state index contributed by atoms with van der Waals surface area (Å²) in [6.45, 7) is 10.7. The molecule has 22 heavy (non-hydrogen) atoms. The van der Waals surface area contributed by atoms with E-state index in [1.807, 2.05) is 6.92 Å². The van der Waals surface area contributed by atoms with E-state index in [4.69, 9.17) is 0 Å². The topological polar surface area (TPSA) is 37.3 Å². The summed E-state index contributed by atoms with van der Waals surface area (Å²) < 4.78 is 0. The zero-order valence-electron chi connectivity index (χ0n) is 14.3. The summed E-state index contributed by atoms with van der Waals surface area (Å²) in [7, 11) is 0. The molecule has 1 N–H and O–H groups in total. The zero-order chi connectivity index (χ0) is 16.2. The second kappa shape index (κ2) is 4.97. The molecule has 0 aliphatic heterocycles. The third kappa shape index (κ3) is 2.10. The molecule has 0 aromatic carbocycles. The Labute approximate surface area is 134 Å². The summed E-state index contributed by atoms with van der Waals surface area (Å²) in [4.78, 5) is 11.9. The van der Waals surface area contributed by atoms with Crippen LogP contribution in [0.2, 0.25) is 0 Å². The minimum atomic E-state index is -0.591. The van der Waals surface area contributed by atoms with Crippen LogP contribution in [0, 0.1) is 28.1 Å². The van der Waals surface area contributed by atoms with Crippen LogP contribution in [-0.4, -0.2) is 11.1 Å². The highest BCUT2D eigenvalue weighted by Gasteiger charge is 2.58. The Hall–Kier alpha value is -1.05. The number of rotatable bonds is 2. The minimum Gasteiger partial charge on any atom is -0.481 e. The summed E-state index contributed by atoms with van der Waals surface area (Å²) in [5.74, 6) is 0.276. The fourth-order valence-electron chi connectivity index (χ4n) is 5.86. The molecule has 2 nitrogen and oxygen atoms in total. The highest BCUT2D eigenvalue weighted by molar-refractivity contribution is 5.75. The molecule has 3 aliphatic rings. The largest absolute Gasteiger partial charge is 0.481 e. The van der Waals surface area contributed by atoms with Crippen LogP contribution in [-0.2, 0) is 4.79 Å². The first-order valence-electron chi connectivity index (χ1n) is 8.81. The average molecular weight is 302 g/mol. The summed E-state index contributed by atoms with van der Waals surface area (Å²) in [6.07, 6.45) is 12.0. The quantitative estimate of drug-likeness (QED) is 0.711. The Balaban J connectivity index is 1.98. The number of hydrogen-bond donors (Lipinski definition) is 1. The third-order valence-corrected chi connectivity index (χ3v) is 7.43. The van der Waals surface area contributed by atoms with Gasteiger partial charge in [-0.25, -0.2) is 0 Å². The maximum atomic E-state index is 11.9. The molecular formula is C20H30O2. The normalized spacial score (nSPS) is 47.9. The first-order valence-corrected chi connectivity index (χ1v) is 8.81. The maximum absolute atomic E-state index is 11.9. The molecule has 0 radical (unpaired) electrons. The van der Waals surface area contributed by atoms with E-state index >= 15 is 0 Å². The summed E-state index contributed by atoms with van der Waals surface area (Å²) in [5.41, 5.74) is 1.43. The molecule has 2 heteroatoms. The Bertz CT molecular complexity index is 534. The van der Waals surface area contributed by atoms with Gasteiger partial charge in [0.15, 0.2) is 0 Å². The Morgan fingerprint density at radius 3 is 2.68 bits per heavy atom. The fraction of sp³-hybridized carbons (Fsp3) is 0.750. The number of allylic oxidation sites excluding steroid dienone is 3. The van der Waals surface area contributed by atoms with Gasteiger partial charge in [-0.15, -0.1) is 6.58 Å². The van der Waals surface area contributed by atoms with Crippen molar-refractivity contribution in [2.75, 3.05) is 0 Å². The lowest BCUT2D eigenvalue weighted by Crippen LogP contribution is -2.53. The second-order valence-electron chi connectivity index (χ2n) is 8.78. The van der Waals surface area contributed by atoms with Gasteiger partial charge in [0.1, 0.15) is 0 Å². The van der Waals surface area contributed by atoms with Crippen molar-refractivity contribution in [2.24, 2.45) is 28.1 Å². The van der Waals surface area contributed by atoms with Crippen molar-refractivity contribution in [3.63, 3.8) is 0 Å². The first kappa shape index (κ1) is 15.8. The van der Waals surface area contributed by atoms with Crippen LogP contribution in [0.4, 0.5) is 0 Å². The molecule has 0 heterocycles. The van der Waals surface area contributed by atoms with E-state index < -0.39 is 11.4 Å². The van der Waals surface area contributed by atoms with Crippen LogP contribution in [0.3, 0.4) is 0 Å². The molecule has 0 saturated heterocycles. The van der Waals surface area contributed by atoms with Gasteiger partial charge in [0.05, 0.1) is 5.41 Å². The lowest BCUT2D eigenvalue weighted by Gasteiger charge is -2.58. The summed E-state index contributed by atoms with van der Waals surface area (Å²) in [5, 5.41) is 9.83. The molecule has 0 unspecified atom stereocenters. The molecule has 0 aromatic heterocycles. The van der Waals surface area contributed by atoms with Crippen LogP contribution in [0.25, 0.3) is 0 Å². The van der Waals surface area contributed by atoms with Crippen molar-refractivity contribution < 1.29 is 9.90 Å². The number of hydrogen-bond acceptors (Lipinski definition) is 1. The Kier molecular flexibility index (Phi) is 3.58. The van der Waals surface area contributed by atoms with Gasteiger partial charge in [-0.1, -0.05) is 38.0 Å². The van der Waals surface area contributed by atoms with E-state index in [9.17, 15) is 9.90 Å². The van der Waals surface area contributed by atoms with Crippen molar-refractivity contribution >= 4 is 5.97 Å². The summed E-state index contributed by atoms with van der Waals surface area (Å²) >= 11 is 0. The van der Waals surface area contributed by atoms with E-state index in [-0.39, 0.29) is 16.7 Å². The van der Waals surface area contributed by atoms with Crippen LogP contribution < -0.4 is 0 Å². The molecule has 0 bridgehead atoms. The lowest BCUT2D eigenvalue weighted by molar-refractivity contribution is -0.163. The van der Waals surface area contributed by atoms with Gasteiger partial charge in [-0.2, -0.15) is 0 Å². The van der Waals surface area contributed by atoms with Crippen LogP contribution in [0.1, 0.15) is 65.7 Å². The standard InChI is InChI=1S/C20H30O2/c1-5-18(2)12-9-15-14(13-18)7-8-16-19(15,3)10-6-11-20(16,4)17(21)22/h5,7,15-16H,1,6,8-13H2,2-4H3,(H,21,22)/t15-,16-,18-,19-,20-/m1/s1. The van der Waals surface area contributed by atoms with Crippen molar-refractivity contribution in [3.05, 3.63) is 24.3 Å². The van der Waals surface area contributed by atoms with Gasteiger partial charge in [0, 0.05) is 0 Å². The molecule has 0 spiro atoms. The van der Waals surface area contributed by atoms with Crippen LogP contribution in [0.15, 0.2) is 24.3 Å². The number of carboxylic acid groups (broad SMARTS) is 1. The van der Waals surface area contributed by atoms with Crippen LogP contribution >= 0.6 is 0 Å². The van der Waals surface area contributed by atoms with Crippen molar-refractivity contribution in [3.8, 4) is 0 Å². The van der Waals surface area contributed by atoms with Gasteiger partial charge < -0.3 is 5.11 Å². The molecule has 2 fully saturated rings. The number of carbonyl (C=O) groups is 1. The monoisotopic (exact) mass is 302 g/mol. The molecular weight excluding hydrogens is 272 g/mol. The zero-order valence-corrected chi connectivity index (χ0v) is 14.3. The first-order chi connectivity index (χ1) is 10.3. The third-order valence-electron chi connectivity index (χ3n) is 7.43. The fourth-order valence-corrected chi connectivity index (χ4v) is 5.86. The molecule has 3 rings (SSSR count). The highest BCUT2D eigenvalue weighted by atomic mass is 16.4. The van der Waals surface area contributed by atoms with E-state index in [1.54, 1.807) is 5.57 Å². The average Bonchev–Trinajstić information content (AvgIpc) is 2.46. The van der Waals surface area contributed by atoms with Gasteiger partial charge >= 0.3 is 5.97 Å². The minimum absolute atomic E-state index is 0.165. The highest BCUT2D eigenvalue weighted by Crippen LogP contribution is 2.63. The molecule has 3 aliphatic carbocycles. The molecule has 5 atom stereocenters. The number of aliphatic carboxylic acids is 1. The van der Waals surface area contributed by atoms with Crippen molar-refractivity contribution in [1.82, 2.24) is 0 Å². The Morgan fingerprint density at radius 1 is 1.32 bits per heavy atom. The van der Waals surface area contributed by atoms with Gasteiger partial charge in [-0.3, -0.25) is 4.79 Å². The molecule has 0 amide bonds. The number of carboxylic acids is 1. The second-order valence-corrected chi connectivity index (χ2v) is 8.78. The van der Waals surface area contributed by atoms with Gasteiger partial charge in [0.25, 0.3) is 0 Å².